The fourth-order valence-electron chi connectivity index (χ4n) is 5.28. The Morgan fingerprint density at radius 2 is 1.58 bits per heavy atom. The first kappa shape index (κ1) is 26.2. The number of nitrogens with zero attached hydrogens (tertiary/aromatic N) is 1. The molecule has 2 aliphatic heterocycles. The number of esters is 1. The number of fused-ring (bicyclic) bond motifs is 2. The molecule has 0 aliphatic carbocycles. The first-order valence-electron chi connectivity index (χ1n) is 12.8. The third kappa shape index (κ3) is 5.85. The van der Waals surface area contributed by atoms with Crippen LogP contribution in [0.15, 0.2) is 71.6 Å². The van der Waals surface area contributed by atoms with Gasteiger partial charge < -0.3 is 14.4 Å². The Morgan fingerprint density at radius 1 is 0.921 bits per heavy atom. The van der Waals surface area contributed by atoms with Crippen LogP contribution in [0.25, 0.3) is 0 Å². The van der Waals surface area contributed by atoms with Crippen molar-refractivity contribution in [2.45, 2.75) is 61.4 Å². The lowest BCUT2D eigenvalue weighted by Gasteiger charge is -2.39. The Hall–Kier alpha value is -3.39. The summed E-state index contributed by atoms with van der Waals surface area (Å²) in [7, 11) is 0. The van der Waals surface area contributed by atoms with Crippen LogP contribution in [0.5, 0.6) is 5.75 Å². The number of amides is 1. The van der Waals surface area contributed by atoms with E-state index in [0.717, 1.165) is 37.3 Å². The molecule has 0 N–H and O–H groups in total. The molecule has 198 valence electrons. The van der Waals surface area contributed by atoms with Gasteiger partial charge in [-0.3, -0.25) is 4.79 Å². The van der Waals surface area contributed by atoms with E-state index in [4.69, 9.17) is 9.47 Å². The van der Waals surface area contributed by atoms with E-state index >= 15 is 0 Å². The number of rotatable bonds is 8. The van der Waals surface area contributed by atoms with E-state index in [9.17, 15) is 18.4 Å². The van der Waals surface area contributed by atoms with Crippen LogP contribution in [0.4, 0.5) is 8.78 Å². The summed E-state index contributed by atoms with van der Waals surface area (Å²) < 4.78 is 38.3. The lowest BCUT2D eigenvalue weighted by molar-refractivity contribution is 0.0359. The van der Waals surface area contributed by atoms with Crippen LogP contribution in [0.1, 0.15) is 58.9 Å². The third-order valence-corrected chi connectivity index (χ3v) is 8.20. The summed E-state index contributed by atoms with van der Waals surface area (Å²) in [6, 6.07) is 18.2. The third-order valence-electron chi connectivity index (χ3n) is 7.08. The Bertz CT molecular complexity index is 1280. The van der Waals surface area contributed by atoms with Crippen molar-refractivity contribution in [2.24, 2.45) is 0 Å². The predicted molar refractivity (Wildman–Crippen MR) is 141 cm³/mol. The highest BCUT2D eigenvalue weighted by Crippen LogP contribution is 2.38. The normalized spacial score (nSPS) is 20.3. The summed E-state index contributed by atoms with van der Waals surface area (Å²) in [5.41, 5.74) is 2.09. The number of benzene rings is 3. The molecule has 0 spiro atoms. The molecular weight excluding hydrogens is 508 g/mol. The van der Waals surface area contributed by atoms with Crippen LogP contribution >= 0.6 is 11.8 Å². The van der Waals surface area contributed by atoms with Crippen molar-refractivity contribution >= 4 is 23.6 Å². The first-order valence-corrected chi connectivity index (χ1v) is 13.8. The highest BCUT2D eigenvalue weighted by atomic mass is 32.2. The summed E-state index contributed by atoms with van der Waals surface area (Å²) in [6.07, 6.45) is 3.45. The van der Waals surface area contributed by atoms with Crippen LogP contribution in [0.2, 0.25) is 0 Å². The SMILES string of the molecule is CCOC(=O)c1ccc(OC2CC3CCC(C2)N3C(=O)c2ccc(CSc3ccc(F)cc3F)cc2)cc1. The molecule has 2 bridgehead atoms. The quantitative estimate of drug-likeness (QED) is 0.238. The summed E-state index contributed by atoms with van der Waals surface area (Å²) in [6.45, 7) is 2.11. The molecule has 2 fully saturated rings. The number of ether oxygens (including phenoxy) is 2. The van der Waals surface area contributed by atoms with Crippen molar-refractivity contribution in [3.63, 3.8) is 0 Å². The number of carbonyl (C=O) groups is 2. The molecule has 1 amide bonds. The zero-order chi connectivity index (χ0) is 26.6. The number of halogens is 2. The molecule has 2 unspecified atom stereocenters. The Kier molecular flexibility index (Phi) is 7.98. The number of piperidine rings is 1. The molecule has 0 aromatic heterocycles. The highest BCUT2D eigenvalue weighted by Gasteiger charge is 2.44. The van der Waals surface area contributed by atoms with Crippen molar-refractivity contribution in [3.05, 3.63) is 95.1 Å². The smallest absolute Gasteiger partial charge is 0.338 e. The zero-order valence-electron chi connectivity index (χ0n) is 21.1. The van der Waals surface area contributed by atoms with Crippen LogP contribution in [0.3, 0.4) is 0 Å². The largest absolute Gasteiger partial charge is 0.490 e. The lowest BCUT2D eigenvalue weighted by atomic mass is 9.98. The average molecular weight is 538 g/mol. The monoisotopic (exact) mass is 537 g/mol. The van der Waals surface area contributed by atoms with Gasteiger partial charge in [0, 0.05) is 47.2 Å². The molecule has 3 aromatic carbocycles. The highest BCUT2D eigenvalue weighted by molar-refractivity contribution is 7.98. The van der Waals surface area contributed by atoms with E-state index < -0.39 is 11.6 Å². The number of carbonyl (C=O) groups excluding carboxylic acids is 2. The number of thioether (sulfide) groups is 1. The minimum absolute atomic E-state index is 0.0104. The second-order valence-electron chi connectivity index (χ2n) is 9.61. The van der Waals surface area contributed by atoms with E-state index in [2.05, 4.69) is 0 Å². The molecular formula is C30H29F2NO4S. The van der Waals surface area contributed by atoms with Gasteiger partial charge in [-0.2, -0.15) is 0 Å². The fraction of sp³-hybridized carbons (Fsp3) is 0.333. The maximum Gasteiger partial charge on any atom is 0.338 e. The number of hydrogen-bond acceptors (Lipinski definition) is 5. The summed E-state index contributed by atoms with van der Waals surface area (Å²) in [5, 5.41) is 0. The Balaban J connectivity index is 1.17. The second-order valence-corrected chi connectivity index (χ2v) is 10.6. The number of hydrogen-bond donors (Lipinski definition) is 0. The van der Waals surface area contributed by atoms with Gasteiger partial charge in [0.2, 0.25) is 0 Å². The molecule has 2 atom stereocenters. The van der Waals surface area contributed by atoms with Gasteiger partial charge in [-0.05, 0) is 73.9 Å². The van der Waals surface area contributed by atoms with Crippen molar-refractivity contribution in [2.75, 3.05) is 6.61 Å². The van der Waals surface area contributed by atoms with Gasteiger partial charge in [-0.15, -0.1) is 11.8 Å². The van der Waals surface area contributed by atoms with Crippen LogP contribution < -0.4 is 4.74 Å². The van der Waals surface area contributed by atoms with Gasteiger partial charge in [0.05, 0.1) is 12.2 Å². The standard InChI is InChI=1S/C30H29F2NO4S/c1-2-36-30(35)21-7-12-25(13-8-21)37-26-16-23-10-11-24(17-26)33(23)29(34)20-5-3-19(4-6-20)18-38-28-14-9-22(31)15-27(28)32/h3-9,12-15,23-24,26H,2,10-11,16-18H2,1H3. The van der Waals surface area contributed by atoms with E-state index in [1.807, 2.05) is 29.2 Å². The molecule has 5 rings (SSSR count). The van der Waals surface area contributed by atoms with Crippen LogP contribution in [-0.4, -0.2) is 41.6 Å². The van der Waals surface area contributed by atoms with Crippen molar-refractivity contribution in [3.8, 4) is 5.75 Å². The molecule has 5 nitrogen and oxygen atoms in total. The molecule has 2 saturated heterocycles. The predicted octanol–water partition coefficient (Wildman–Crippen LogP) is 6.65. The first-order chi connectivity index (χ1) is 18.4. The van der Waals surface area contributed by atoms with Gasteiger partial charge >= 0.3 is 5.97 Å². The van der Waals surface area contributed by atoms with Crippen LogP contribution in [0, 0.1) is 11.6 Å². The summed E-state index contributed by atoms with van der Waals surface area (Å²) >= 11 is 1.29. The van der Waals surface area contributed by atoms with Crippen LogP contribution in [-0.2, 0) is 10.5 Å². The molecule has 38 heavy (non-hydrogen) atoms. The molecule has 0 saturated carbocycles. The average Bonchev–Trinajstić information content (AvgIpc) is 3.18. The minimum atomic E-state index is -0.594. The maximum atomic E-state index is 13.9. The van der Waals surface area contributed by atoms with Crippen molar-refractivity contribution in [1.29, 1.82) is 0 Å². The van der Waals surface area contributed by atoms with Gasteiger partial charge in [-0.25, -0.2) is 13.6 Å². The van der Waals surface area contributed by atoms with Crippen molar-refractivity contribution < 1.29 is 27.8 Å². The maximum absolute atomic E-state index is 13.9. The van der Waals surface area contributed by atoms with E-state index in [1.165, 1.54) is 23.9 Å². The Labute approximate surface area is 225 Å². The molecule has 2 aliphatic rings. The van der Waals surface area contributed by atoms with E-state index in [1.54, 1.807) is 31.2 Å². The fourth-order valence-corrected chi connectivity index (χ4v) is 6.15. The molecule has 0 radical (unpaired) electrons. The summed E-state index contributed by atoms with van der Waals surface area (Å²) in [5.74, 6) is -0.263. The molecule has 8 heteroatoms. The minimum Gasteiger partial charge on any atom is -0.490 e. The van der Waals surface area contributed by atoms with Gasteiger partial charge in [0.25, 0.3) is 5.91 Å². The molecule has 2 heterocycles. The van der Waals surface area contributed by atoms with E-state index in [-0.39, 0.29) is 30.1 Å². The summed E-state index contributed by atoms with van der Waals surface area (Å²) in [4.78, 5) is 27.7. The van der Waals surface area contributed by atoms with Gasteiger partial charge in [0.15, 0.2) is 0 Å². The van der Waals surface area contributed by atoms with E-state index in [0.29, 0.717) is 34.1 Å². The lowest BCUT2D eigenvalue weighted by Crippen LogP contribution is -2.49. The zero-order valence-corrected chi connectivity index (χ0v) is 21.9. The van der Waals surface area contributed by atoms with Gasteiger partial charge in [0.1, 0.15) is 23.5 Å². The topological polar surface area (TPSA) is 55.8 Å². The van der Waals surface area contributed by atoms with Gasteiger partial charge in [-0.1, -0.05) is 12.1 Å². The molecule has 3 aromatic rings. The Morgan fingerprint density at radius 3 is 2.21 bits per heavy atom. The second kappa shape index (κ2) is 11.6. The van der Waals surface area contributed by atoms with Crippen molar-refractivity contribution in [1.82, 2.24) is 4.90 Å².